The van der Waals surface area contributed by atoms with E-state index in [1.807, 2.05) is 25.1 Å². The molecule has 27 heavy (non-hydrogen) atoms. The van der Waals surface area contributed by atoms with E-state index in [2.05, 4.69) is 10.6 Å². The van der Waals surface area contributed by atoms with E-state index in [0.717, 1.165) is 5.56 Å². The van der Waals surface area contributed by atoms with Gasteiger partial charge < -0.3 is 29.7 Å². The summed E-state index contributed by atoms with van der Waals surface area (Å²) in [6.07, 6.45) is 1.14. The fraction of sp³-hybridized carbons (Fsp3) is 0.579. The molecule has 2 rings (SSSR count). The minimum absolute atomic E-state index is 0.0498. The van der Waals surface area contributed by atoms with Crippen LogP contribution in [0.1, 0.15) is 25.3 Å². The first-order valence-electron chi connectivity index (χ1n) is 9.27. The van der Waals surface area contributed by atoms with Gasteiger partial charge in [-0.15, -0.1) is 0 Å². The Kier molecular flexibility index (Phi) is 8.03. The molecule has 150 valence electrons. The van der Waals surface area contributed by atoms with E-state index in [1.165, 1.54) is 0 Å². The molecule has 8 nitrogen and oxygen atoms in total. The maximum Gasteiger partial charge on any atom is 0.409 e. The van der Waals surface area contributed by atoms with Gasteiger partial charge in [0.15, 0.2) is 11.5 Å². The van der Waals surface area contributed by atoms with Crippen molar-refractivity contribution >= 4 is 12.1 Å². The lowest BCUT2D eigenvalue weighted by Gasteiger charge is -2.31. The molecule has 0 unspecified atom stereocenters. The summed E-state index contributed by atoms with van der Waals surface area (Å²) in [6.45, 7) is 6.03. The normalized spacial score (nSPS) is 14.4. The van der Waals surface area contributed by atoms with Gasteiger partial charge in [-0.2, -0.15) is 0 Å². The first-order valence-corrected chi connectivity index (χ1v) is 9.27. The molecule has 0 aliphatic carbocycles. The highest BCUT2D eigenvalue weighted by atomic mass is 16.6. The third-order valence-electron chi connectivity index (χ3n) is 4.32. The molecule has 0 saturated carbocycles. The summed E-state index contributed by atoms with van der Waals surface area (Å²) in [5.74, 6) is 1.32. The maximum absolute atomic E-state index is 12.0. The average molecular weight is 379 g/mol. The van der Waals surface area contributed by atoms with E-state index in [-0.39, 0.29) is 18.2 Å². The Bertz CT molecular complexity index is 630. The number of hydrogen-bond donors (Lipinski definition) is 2. The lowest BCUT2D eigenvalue weighted by Crippen LogP contribution is -2.49. The standard InChI is InChI=1S/C19H29N3O5/c1-4-26-19(24)22-10-7-15(8-11-22)21-18(23)20-9-12-27-16-6-5-14(2)13-17(16)25-3/h5-6,13,15H,4,7-12H2,1-3H3,(H2,20,21,23). The summed E-state index contributed by atoms with van der Waals surface area (Å²) in [6, 6.07) is 5.52. The van der Waals surface area contributed by atoms with Gasteiger partial charge in [0.1, 0.15) is 6.61 Å². The summed E-state index contributed by atoms with van der Waals surface area (Å²) in [5.41, 5.74) is 1.09. The summed E-state index contributed by atoms with van der Waals surface area (Å²) in [5, 5.41) is 5.71. The highest BCUT2D eigenvalue weighted by Crippen LogP contribution is 2.27. The van der Waals surface area contributed by atoms with E-state index in [4.69, 9.17) is 14.2 Å². The number of likely N-dealkylation sites (tertiary alicyclic amines) is 1. The molecule has 1 aliphatic heterocycles. The van der Waals surface area contributed by atoms with Gasteiger partial charge in [0.25, 0.3) is 0 Å². The number of benzene rings is 1. The third kappa shape index (κ3) is 6.54. The van der Waals surface area contributed by atoms with Crippen molar-refractivity contribution in [2.24, 2.45) is 0 Å². The van der Waals surface area contributed by atoms with E-state index < -0.39 is 0 Å². The SMILES string of the molecule is CCOC(=O)N1CCC(NC(=O)NCCOc2ccc(C)cc2OC)CC1. The first kappa shape index (κ1) is 20.7. The van der Waals surface area contributed by atoms with Gasteiger partial charge in [0.05, 0.1) is 20.3 Å². The molecular formula is C19H29N3O5. The van der Waals surface area contributed by atoms with Crippen molar-refractivity contribution in [1.29, 1.82) is 0 Å². The molecule has 0 radical (unpaired) electrons. The van der Waals surface area contributed by atoms with Crippen molar-refractivity contribution in [3.63, 3.8) is 0 Å². The number of nitrogens with one attached hydrogen (secondary N) is 2. The lowest BCUT2D eigenvalue weighted by molar-refractivity contribution is 0.0957. The van der Waals surface area contributed by atoms with Crippen LogP contribution in [-0.4, -0.2) is 63.0 Å². The Hall–Kier alpha value is -2.64. The van der Waals surface area contributed by atoms with Gasteiger partial charge in [-0.05, 0) is 44.4 Å². The van der Waals surface area contributed by atoms with Gasteiger partial charge >= 0.3 is 12.1 Å². The Morgan fingerprint density at radius 1 is 1.22 bits per heavy atom. The second kappa shape index (κ2) is 10.5. The van der Waals surface area contributed by atoms with Crippen LogP contribution in [0, 0.1) is 6.92 Å². The van der Waals surface area contributed by atoms with Crippen LogP contribution < -0.4 is 20.1 Å². The zero-order chi connectivity index (χ0) is 19.6. The predicted octanol–water partition coefficient (Wildman–Crippen LogP) is 2.30. The Morgan fingerprint density at radius 2 is 1.96 bits per heavy atom. The molecule has 2 N–H and O–H groups in total. The lowest BCUT2D eigenvalue weighted by atomic mass is 10.1. The zero-order valence-electron chi connectivity index (χ0n) is 16.2. The first-order chi connectivity index (χ1) is 13.0. The van der Waals surface area contributed by atoms with Gasteiger partial charge in [0.2, 0.25) is 0 Å². The Balaban J connectivity index is 1.64. The molecule has 8 heteroatoms. The molecule has 3 amide bonds. The van der Waals surface area contributed by atoms with E-state index in [9.17, 15) is 9.59 Å². The van der Waals surface area contributed by atoms with Crippen LogP contribution in [0.3, 0.4) is 0 Å². The number of amides is 3. The molecule has 1 aromatic carbocycles. The number of nitrogens with zero attached hydrogens (tertiary/aromatic N) is 1. The summed E-state index contributed by atoms with van der Waals surface area (Å²) in [4.78, 5) is 25.3. The molecule has 1 saturated heterocycles. The van der Waals surface area contributed by atoms with Crippen molar-refractivity contribution in [2.45, 2.75) is 32.7 Å². The van der Waals surface area contributed by atoms with Crippen LogP contribution in [-0.2, 0) is 4.74 Å². The molecule has 1 aromatic rings. The van der Waals surface area contributed by atoms with Crippen LogP contribution in [0.5, 0.6) is 11.5 Å². The quantitative estimate of drug-likeness (QED) is 0.710. The van der Waals surface area contributed by atoms with Gasteiger partial charge in [-0.1, -0.05) is 6.07 Å². The highest BCUT2D eigenvalue weighted by Gasteiger charge is 2.24. The Morgan fingerprint density at radius 3 is 2.63 bits per heavy atom. The van der Waals surface area contributed by atoms with Crippen molar-refractivity contribution in [3.8, 4) is 11.5 Å². The molecule has 0 bridgehead atoms. The van der Waals surface area contributed by atoms with E-state index in [0.29, 0.717) is 57.2 Å². The molecule has 1 heterocycles. The highest BCUT2D eigenvalue weighted by molar-refractivity contribution is 5.74. The summed E-state index contributed by atoms with van der Waals surface area (Å²) in [7, 11) is 1.60. The number of methoxy groups -OCH3 is 1. The molecular weight excluding hydrogens is 350 g/mol. The van der Waals surface area contributed by atoms with Crippen molar-refractivity contribution in [3.05, 3.63) is 23.8 Å². The molecule has 1 fully saturated rings. The number of aryl methyl sites for hydroxylation is 1. The number of carbonyl (C=O) groups is 2. The molecule has 1 aliphatic rings. The number of piperidine rings is 1. The topological polar surface area (TPSA) is 89.1 Å². The Labute approximate surface area is 160 Å². The maximum atomic E-state index is 12.0. The number of carbonyl (C=O) groups excluding carboxylic acids is 2. The van der Waals surface area contributed by atoms with E-state index in [1.54, 1.807) is 18.9 Å². The molecule has 0 spiro atoms. The van der Waals surface area contributed by atoms with Crippen LogP contribution in [0.4, 0.5) is 9.59 Å². The second-order valence-electron chi connectivity index (χ2n) is 6.36. The van der Waals surface area contributed by atoms with Crippen LogP contribution >= 0.6 is 0 Å². The van der Waals surface area contributed by atoms with Crippen molar-refractivity contribution < 1.29 is 23.8 Å². The number of urea groups is 1. The van der Waals surface area contributed by atoms with Gasteiger partial charge in [-0.3, -0.25) is 0 Å². The molecule has 0 aromatic heterocycles. The molecule has 0 atom stereocenters. The van der Waals surface area contributed by atoms with Crippen LogP contribution in [0.2, 0.25) is 0 Å². The second-order valence-corrected chi connectivity index (χ2v) is 6.36. The fourth-order valence-electron chi connectivity index (χ4n) is 2.88. The summed E-state index contributed by atoms with van der Waals surface area (Å²) < 4.78 is 15.9. The third-order valence-corrected chi connectivity index (χ3v) is 4.32. The van der Waals surface area contributed by atoms with Gasteiger partial charge in [-0.25, -0.2) is 9.59 Å². The van der Waals surface area contributed by atoms with Crippen LogP contribution in [0.25, 0.3) is 0 Å². The minimum atomic E-state index is -0.288. The minimum Gasteiger partial charge on any atom is -0.493 e. The van der Waals surface area contributed by atoms with Gasteiger partial charge in [0, 0.05) is 19.1 Å². The smallest absolute Gasteiger partial charge is 0.409 e. The van der Waals surface area contributed by atoms with Crippen molar-refractivity contribution in [1.82, 2.24) is 15.5 Å². The monoisotopic (exact) mass is 379 g/mol. The van der Waals surface area contributed by atoms with E-state index >= 15 is 0 Å². The zero-order valence-corrected chi connectivity index (χ0v) is 16.2. The summed E-state index contributed by atoms with van der Waals surface area (Å²) >= 11 is 0. The number of hydrogen-bond acceptors (Lipinski definition) is 5. The van der Waals surface area contributed by atoms with Crippen molar-refractivity contribution in [2.75, 3.05) is 40.0 Å². The number of rotatable bonds is 7. The van der Waals surface area contributed by atoms with Crippen LogP contribution in [0.15, 0.2) is 18.2 Å². The predicted molar refractivity (Wildman–Crippen MR) is 101 cm³/mol. The average Bonchev–Trinajstić information content (AvgIpc) is 2.66. The largest absolute Gasteiger partial charge is 0.493 e. The fourth-order valence-corrected chi connectivity index (χ4v) is 2.88. The number of ether oxygens (including phenoxy) is 3.